The quantitative estimate of drug-likeness (QED) is 0.742. The minimum absolute atomic E-state index is 0.0395. The monoisotopic (exact) mass is 330 g/mol. The van der Waals surface area contributed by atoms with E-state index < -0.39 is 0 Å². The summed E-state index contributed by atoms with van der Waals surface area (Å²) < 4.78 is 0. The molecule has 0 aliphatic rings. The van der Waals surface area contributed by atoms with Gasteiger partial charge in [0.25, 0.3) is 0 Å². The molecule has 0 unspecified atom stereocenters. The molecule has 2 aromatic rings. The number of nitrogens with one attached hydrogen (secondary N) is 2. The fourth-order valence-electron chi connectivity index (χ4n) is 2.44. The predicted octanol–water partition coefficient (Wildman–Crippen LogP) is 4.33. The fraction of sp³-hybridized carbons (Fsp3) is 0.316. The van der Waals surface area contributed by atoms with Crippen LogP contribution in [-0.4, -0.2) is 12.5 Å². The van der Waals surface area contributed by atoms with Crippen molar-refractivity contribution in [2.24, 2.45) is 0 Å². The molecular formula is C19H23ClN2O. The van der Waals surface area contributed by atoms with E-state index in [1.54, 1.807) is 0 Å². The van der Waals surface area contributed by atoms with Crippen LogP contribution in [0.3, 0.4) is 0 Å². The first-order valence-corrected chi connectivity index (χ1v) is 8.31. The second-order valence-electron chi connectivity index (χ2n) is 5.56. The molecule has 0 aliphatic carbocycles. The molecule has 0 saturated heterocycles. The van der Waals surface area contributed by atoms with Crippen LogP contribution in [0.4, 0.5) is 5.69 Å². The topological polar surface area (TPSA) is 41.1 Å². The Balaban J connectivity index is 1.78. The molecule has 1 amide bonds. The lowest BCUT2D eigenvalue weighted by Gasteiger charge is -2.13. The first-order valence-electron chi connectivity index (χ1n) is 7.93. The van der Waals surface area contributed by atoms with Gasteiger partial charge < -0.3 is 10.6 Å². The first-order chi connectivity index (χ1) is 11.1. The van der Waals surface area contributed by atoms with Crippen molar-refractivity contribution in [1.29, 1.82) is 0 Å². The highest BCUT2D eigenvalue weighted by molar-refractivity contribution is 6.30. The number of amides is 1. The van der Waals surface area contributed by atoms with E-state index in [0.29, 0.717) is 13.0 Å². The van der Waals surface area contributed by atoms with Crippen LogP contribution in [-0.2, 0) is 17.8 Å². The third-order valence-corrected chi connectivity index (χ3v) is 4.03. The minimum Gasteiger partial charge on any atom is -0.326 e. The van der Waals surface area contributed by atoms with E-state index in [2.05, 4.69) is 23.6 Å². The van der Waals surface area contributed by atoms with E-state index in [1.165, 1.54) is 5.56 Å². The van der Waals surface area contributed by atoms with Crippen molar-refractivity contribution in [3.63, 3.8) is 0 Å². The van der Waals surface area contributed by atoms with Crippen LogP contribution in [0, 0.1) is 6.92 Å². The maximum atomic E-state index is 12.1. The third-order valence-electron chi connectivity index (χ3n) is 3.78. The number of benzene rings is 2. The first kappa shape index (κ1) is 17.5. The van der Waals surface area contributed by atoms with Gasteiger partial charge in [-0.2, -0.15) is 0 Å². The molecule has 2 aromatic carbocycles. The molecule has 4 heteroatoms. The summed E-state index contributed by atoms with van der Waals surface area (Å²) >= 11 is 5.86. The van der Waals surface area contributed by atoms with Crippen LogP contribution < -0.4 is 10.6 Å². The normalized spacial score (nSPS) is 10.6. The molecule has 3 nitrogen and oxygen atoms in total. The predicted molar refractivity (Wildman–Crippen MR) is 97.0 cm³/mol. The summed E-state index contributed by atoms with van der Waals surface area (Å²) in [6.45, 7) is 5.49. The van der Waals surface area contributed by atoms with E-state index in [9.17, 15) is 4.79 Å². The number of rotatable bonds is 7. The lowest BCUT2D eigenvalue weighted by atomic mass is 10.1. The number of halogens is 1. The molecule has 0 heterocycles. The molecule has 0 aromatic heterocycles. The van der Waals surface area contributed by atoms with E-state index in [-0.39, 0.29) is 5.91 Å². The summed E-state index contributed by atoms with van der Waals surface area (Å²) in [6.07, 6.45) is 1.36. The maximum absolute atomic E-state index is 12.1. The fourth-order valence-corrected chi connectivity index (χ4v) is 2.57. The van der Waals surface area contributed by atoms with E-state index in [1.807, 2.05) is 43.3 Å². The number of aryl methyl sites for hydroxylation is 2. The average molecular weight is 331 g/mol. The van der Waals surface area contributed by atoms with Crippen molar-refractivity contribution >= 4 is 23.2 Å². The standard InChI is InChI=1S/C19H23ClN2O/c1-3-16-6-4-5-14(2)19(16)22-18(23)11-12-21-13-15-7-9-17(20)10-8-15/h4-10,21H,3,11-13H2,1-2H3,(H,22,23). The number of hydrogen-bond acceptors (Lipinski definition) is 2. The highest BCUT2D eigenvalue weighted by atomic mass is 35.5. The number of anilines is 1. The number of carbonyl (C=O) groups excluding carboxylic acids is 1. The van der Waals surface area contributed by atoms with Crippen molar-refractivity contribution in [1.82, 2.24) is 5.32 Å². The Kier molecular flexibility index (Phi) is 6.63. The number of hydrogen-bond donors (Lipinski definition) is 2. The van der Waals surface area contributed by atoms with E-state index in [0.717, 1.165) is 34.8 Å². The van der Waals surface area contributed by atoms with E-state index >= 15 is 0 Å². The van der Waals surface area contributed by atoms with Crippen molar-refractivity contribution in [2.45, 2.75) is 33.2 Å². The van der Waals surface area contributed by atoms with Crippen molar-refractivity contribution < 1.29 is 4.79 Å². The van der Waals surface area contributed by atoms with Gasteiger partial charge in [0.15, 0.2) is 0 Å². The zero-order chi connectivity index (χ0) is 16.7. The molecule has 0 aliphatic heterocycles. The van der Waals surface area contributed by atoms with Crippen molar-refractivity contribution in [3.8, 4) is 0 Å². The van der Waals surface area contributed by atoms with Gasteiger partial charge in [0, 0.05) is 30.2 Å². The van der Waals surface area contributed by atoms with Gasteiger partial charge in [0.1, 0.15) is 0 Å². The smallest absolute Gasteiger partial charge is 0.225 e. The molecule has 23 heavy (non-hydrogen) atoms. The molecule has 122 valence electrons. The SMILES string of the molecule is CCc1cccc(C)c1NC(=O)CCNCc1ccc(Cl)cc1. The van der Waals surface area contributed by atoms with Crippen LogP contribution in [0.5, 0.6) is 0 Å². The molecule has 0 bridgehead atoms. The van der Waals surface area contributed by atoms with Crippen LogP contribution in [0.2, 0.25) is 5.02 Å². The molecular weight excluding hydrogens is 308 g/mol. The second kappa shape index (κ2) is 8.70. The van der Waals surface area contributed by atoms with Crippen molar-refractivity contribution in [2.75, 3.05) is 11.9 Å². The van der Waals surface area contributed by atoms with Gasteiger partial charge in [-0.25, -0.2) is 0 Å². The summed E-state index contributed by atoms with van der Waals surface area (Å²) in [6, 6.07) is 13.8. The second-order valence-corrected chi connectivity index (χ2v) is 6.00. The molecule has 0 fully saturated rings. The molecule has 0 spiro atoms. The van der Waals surface area contributed by atoms with Crippen LogP contribution in [0.25, 0.3) is 0 Å². The summed E-state index contributed by atoms with van der Waals surface area (Å²) in [7, 11) is 0. The largest absolute Gasteiger partial charge is 0.326 e. The van der Waals surface area contributed by atoms with Gasteiger partial charge >= 0.3 is 0 Å². The summed E-state index contributed by atoms with van der Waals surface area (Å²) in [4.78, 5) is 12.1. The molecule has 0 saturated carbocycles. The zero-order valence-corrected chi connectivity index (χ0v) is 14.4. The average Bonchev–Trinajstić information content (AvgIpc) is 2.55. The van der Waals surface area contributed by atoms with Crippen LogP contribution in [0.15, 0.2) is 42.5 Å². The van der Waals surface area contributed by atoms with Gasteiger partial charge in [0.05, 0.1) is 0 Å². The number of carbonyl (C=O) groups is 1. The highest BCUT2D eigenvalue weighted by Crippen LogP contribution is 2.21. The zero-order valence-electron chi connectivity index (χ0n) is 13.7. The Morgan fingerprint density at radius 3 is 2.57 bits per heavy atom. The third kappa shape index (κ3) is 5.38. The Morgan fingerprint density at radius 1 is 1.13 bits per heavy atom. The van der Waals surface area contributed by atoms with Gasteiger partial charge in [-0.1, -0.05) is 48.9 Å². The maximum Gasteiger partial charge on any atom is 0.225 e. The minimum atomic E-state index is 0.0395. The lowest BCUT2D eigenvalue weighted by molar-refractivity contribution is -0.116. The molecule has 0 radical (unpaired) electrons. The van der Waals surface area contributed by atoms with Gasteiger partial charge in [-0.15, -0.1) is 0 Å². The van der Waals surface area contributed by atoms with Gasteiger partial charge in [-0.05, 0) is 42.2 Å². The van der Waals surface area contributed by atoms with Gasteiger partial charge in [0.2, 0.25) is 5.91 Å². The summed E-state index contributed by atoms with van der Waals surface area (Å²) in [5.74, 6) is 0.0395. The van der Waals surface area contributed by atoms with Crippen LogP contribution in [0.1, 0.15) is 30.0 Å². The van der Waals surface area contributed by atoms with Crippen LogP contribution >= 0.6 is 11.6 Å². The molecule has 2 rings (SSSR count). The van der Waals surface area contributed by atoms with Gasteiger partial charge in [-0.3, -0.25) is 4.79 Å². The Hall–Kier alpha value is -1.84. The highest BCUT2D eigenvalue weighted by Gasteiger charge is 2.08. The summed E-state index contributed by atoms with van der Waals surface area (Å²) in [5, 5.41) is 7.05. The van der Waals surface area contributed by atoms with E-state index in [4.69, 9.17) is 11.6 Å². The number of para-hydroxylation sites is 1. The Bertz CT molecular complexity index is 653. The molecule has 2 N–H and O–H groups in total. The Morgan fingerprint density at radius 2 is 1.87 bits per heavy atom. The molecule has 0 atom stereocenters. The summed E-state index contributed by atoms with van der Waals surface area (Å²) in [5.41, 5.74) is 4.39. The lowest BCUT2D eigenvalue weighted by Crippen LogP contribution is -2.22. The Labute approximate surface area is 143 Å². The van der Waals surface area contributed by atoms with Crippen molar-refractivity contribution in [3.05, 3.63) is 64.2 Å².